The number of rotatable bonds is 1. The minimum absolute atomic E-state index is 0.0156. The first-order valence-electron chi connectivity index (χ1n) is 6.31. The third-order valence-electron chi connectivity index (χ3n) is 3.23. The highest BCUT2D eigenvalue weighted by Gasteiger charge is 2.36. The van der Waals surface area contributed by atoms with Crippen molar-refractivity contribution in [3.8, 4) is 0 Å². The van der Waals surface area contributed by atoms with Crippen molar-refractivity contribution in [2.75, 3.05) is 0 Å². The molecule has 0 fully saturated rings. The lowest BCUT2D eigenvalue weighted by atomic mass is 9.90. The Morgan fingerprint density at radius 3 is 2.35 bits per heavy atom. The van der Waals surface area contributed by atoms with E-state index in [2.05, 4.69) is 0 Å². The molecule has 0 spiro atoms. The smallest absolute Gasteiger partial charge is 0.388 e. The standard InChI is InChI=1S/C16H15F3O/c1-11-6-5-9-14(16(17,18)19)13(10-15(11)20)12-7-3-2-4-8-12/h2-11,15,20H,1H3/t11?,15-/m1/s1. The molecule has 1 unspecified atom stereocenters. The second-order valence-electron chi connectivity index (χ2n) is 4.76. The molecule has 0 aliphatic heterocycles. The summed E-state index contributed by atoms with van der Waals surface area (Å²) >= 11 is 0. The van der Waals surface area contributed by atoms with Gasteiger partial charge in [0.05, 0.1) is 11.7 Å². The van der Waals surface area contributed by atoms with Crippen LogP contribution in [0.3, 0.4) is 0 Å². The Hall–Kier alpha value is -1.81. The topological polar surface area (TPSA) is 20.2 Å². The highest BCUT2D eigenvalue weighted by Crippen LogP contribution is 2.38. The number of aliphatic hydroxyl groups is 1. The first kappa shape index (κ1) is 14.6. The van der Waals surface area contributed by atoms with Crippen LogP contribution in [0.5, 0.6) is 0 Å². The van der Waals surface area contributed by atoms with E-state index < -0.39 is 17.9 Å². The van der Waals surface area contributed by atoms with Crippen molar-refractivity contribution in [1.29, 1.82) is 0 Å². The van der Waals surface area contributed by atoms with E-state index in [0.717, 1.165) is 6.08 Å². The molecule has 0 heterocycles. The molecule has 0 amide bonds. The monoisotopic (exact) mass is 280 g/mol. The van der Waals surface area contributed by atoms with Crippen LogP contribution in [-0.4, -0.2) is 17.4 Å². The van der Waals surface area contributed by atoms with Crippen LogP contribution < -0.4 is 0 Å². The second kappa shape index (κ2) is 5.67. The van der Waals surface area contributed by atoms with E-state index in [1.165, 1.54) is 12.2 Å². The Morgan fingerprint density at radius 2 is 1.75 bits per heavy atom. The molecule has 0 radical (unpaired) electrons. The van der Waals surface area contributed by atoms with Crippen LogP contribution in [0.15, 0.2) is 60.2 Å². The molecule has 1 N–H and O–H groups in total. The van der Waals surface area contributed by atoms with Crippen LogP contribution in [0, 0.1) is 5.92 Å². The molecule has 1 nitrogen and oxygen atoms in total. The quantitative estimate of drug-likeness (QED) is 0.820. The van der Waals surface area contributed by atoms with Gasteiger partial charge in [-0.05, 0) is 23.3 Å². The molecule has 0 saturated heterocycles. The van der Waals surface area contributed by atoms with Gasteiger partial charge in [0.1, 0.15) is 0 Å². The third kappa shape index (κ3) is 3.20. The fraction of sp³-hybridized carbons (Fsp3) is 0.250. The normalized spacial score (nSPS) is 23.6. The summed E-state index contributed by atoms with van der Waals surface area (Å²) in [7, 11) is 0. The Kier molecular flexibility index (Phi) is 4.14. The van der Waals surface area contributed by atoms with E-state index >= 15 is 0 Å². The van der Waals surface area contributed by atoms with Crippen molar-refractivity contribution >= 4 is 5.57 Å². The summed E-state index contributed by atoms with van der Waals surface area (Å²) in [5.74, 6) is -0.236. The van der Waals surface area contributed by atoms with Crippen molar-refractivity contribution < 1.29 is 18.3 Å². The van der Waals surface area contributed by atoms with Gasteiger partial charge in [-0.2, -0.15) is 13.2 Å². The lowest BCUT2D eigenvalue weighted by Crippen LogP contribution is -2.19. The molecule has 1 aliphatic rings. The number of aliphatic hydroxyl groups excluding tert-OH is 1. The van der Waals surface area contributed by atoms with E-state index in [1.807, 2.05) is 0 Å². The largest absolute Gasteiger partial charge is 0.416 e. The van der Waals surface area contributed by atoms with Gasteiger partial charge in [-0.1, -0.05) is 49.4 Å². The molecule has 2 atom stereocenters. The van der Waals surface area contributed by atoms with Gasteiger partial charge in [0.2, 0.25) is 0 Å². The highest BCUT2D eigenvalue weighted by molar-refractivity contribution is 5.81. The van der Waals surface area contributed by atoms with Gasteiger partial charge < -0.3 is 5.11 Å². The number of allylic oxidation sites excluding steroid dienone is 4. The van der Waals surface area contributed by atoms with Gasteiger partial charge in [0.25, 0.3) is 0 Å². The maximum absolute atomic E-state index is 13.2. The van der Waals surface area contributed by atoms with Crippen LogP contribution in [0.25, 0.3) is 5.57 Å². The summed E-state index contributed by atoms with van der Waals surface area (Å²) in [6.45, 7) is 1.76. The summed E-state index contributed by atoms with van der Waals surface area (Å²) < 4.78 is 39.6. The Labute approximate surface area is 115 Å². The lowest BCUT2D eigenvalue weighted by Gasteiger charge is -2.20. The molecule has 0 aromatic heterocycles. The number of benzene rings is 1. The third-order valence-corrected chi connectivity index (χ3v) is 3.23. The molecular weight excluding hydrogens is 265 g/mol. The Bertz CT molecular complexity index is 553. The minimum Gasteiger partial charge on any atom is -0.388 e. The van der Waals surface area contributed by atoms with E-state index in [9.17, 15) is 18.3 Å². The van der Waals surface area contributed by atoms with Gasteiger partial charge in [-0.15, -0.1) is 0 Å². The number of hydrogen-bond donors (Lipinski definition) is 1. The van der Waals surface area contributed by atoms with Gasteiger partial charge in [-0.25, -0.2) is 0 Å². The maximum atomic E-state index is 13.2. The molecule has 4 heteroatoms. The zero-order chi connectivity index (χ0) is 14.8. The van der Waals surface area contributed by atoms with Gasteiger partial charge in [-0.3, -0.25) is 0 Å². The maximum Gasteiger partial charge on any atom is 0.416 e. The van der Waals surface area contributed by atoms with Crippen LogP contribution in [-0.2, 0) is 0 Å². The zero-order valence-corrected chi connectivity index (χ0v) is 10.9. The predicted octanol–water partition coefficient (Wildman–Crippen LogP) is 4.13. The minimum atomic E-state index is -4.47. The molecule has 0 bridgehead atoms. The second-order valence-corrected chi connectivity index (χ2v) is 4.76. The van der Waals surface area contributed by atoms with Crippen LogP contribution >= 0.6 is 0 Å². The Morgan fingerprint density at radius 1 is 1.10 bits per heavy atom. The molecule has 1 aromatic rings. The summed E-state index contributed by atoms with van der Waals surface area (Å²) in [5, 5.41) is 9.98. The first-order chi connectivity index (χ1) is 9.39. The SMILES string of the molecule is CC1C=CC=C(C(F)(F)F)C(c2ccccc2)=C[C@H]1O. The lowest BCUT2D eigenvalue weighted by molar-refractivity contribution is -0.0871. The molecule has 1 aliphatic carbocycles. The fourth-order valence-corrected chi connectivity index (χ4v) is 2.06. The summed E-state index contributed by atoms with van der Waals surface area (Å²) in [6.07, 6.45) is -0.162. The average Bonchev–Trinajstić information content (AvgIpc) is 2.39. The number of alkyl halides is 3. The van der Waals surface area contributed by atoms with Crippen LogP contribution in [0.1, 0.15) is 12.5 Å². The van der Waals surface area contributed by atoms with E-state index in [4.69, 9.17) is 0 Å². The average molecular weight is 280 g/mol. The molecule has 106 valence electrons. The number of hydrogen-bond acceptors (Lipinski definition) is 1. The van der Waals surface area contributed by atoms with Crippen molar-refractivity contribution in [2.45, 2.75) is 19.2 Å². The Balaban J connectivity index is 2.59. The van der Waals surface area contributed by atoms with E-state index in [-0.39, 0.29) is 11.5 Å². The van der Waals surface area contributed by atoms with Gasteiger partial charge in [0.15, 0.2) is 0 Å². The van der Waals surface area contributed by atoms with Crippen molar-refractivity contribution in [3.63, 3.8) is 0 Å². The van der Waals surface area contributed by atoms with Crippen molar-refractivity contribution in [2.24, 2.45) is 5.92 Å². The molecule has 2 rings (SSSR count). The van der Waals surface area contributed by atoms with Crippen LogP contribution in [0.2, 0.25) is 0 Å². The molecule has 0 saturated carbocycles. The van der Waals surface area contributed by atoms with Gasteiger partial charge >= 0.3 is 6.18 Å². The highest BCUT2D eigenvalue weighted by atomic mass is 19.4. The molecular formula is C16H15F3O. The zero-order valence-electron chi connectivity index (χ0n) is 10.9. The van der Waals surface area contributed by atoms with Crippen LogP contribution in [0.4, 0.5) is 13.2 Å². The predicted molar refractivity (Wildman–Crippen MR) is 72.9 cm³/mol. The molecule has 1 aromatic carbocycles. The summed E-state index contributed by atoms with van der Waals surface area (Å²) in [6, 6.07) is 8.30. The van der Waals surface area contributed by atoms with Gasteiger partial charge in [0, 0.05) is 5.92 Å². The number of halogens is 3. The van der Waals surface area contributed by atoms with E-state index in [1.54, 1.807) is 43.3 Å². The van der Waals surface area contributed by atoms with Crippen molar-refractivity contribution in [1.82, 2.24) is 0 Å². The fourth-order valence-electron chi connectivity index (χ4n) is 2.06. The summed E-state index contributed by atoms with van der Waals surface area (Å²) in [5.41, 5.74) is -0.287. The first-order valence-corrected chi connectivity index (χ1v) is 6.31. The summed E-state index contributed by atoms with van der Waals surface area (Å²) in [4.78, 5) is 0. The molecule has 20 heavy (non-hydrogen) atoms. The van der Waals surface area contributed by atoms with E-state index in [0.29, 0.717) is 5.56 Å². The van der Waals surface area contributed by atoms with Crippen molar-refractivity contribution in [3.05, 3.63) is 65.8 Å².